The summed E-state index contributed by atoms with van der Waals surface area (Å²) in [4.78, 5) is 62.5. The third-order valence-electron chi connectivity index (χ3n) is 7.69. The van der Waals surface area contributed by atoms with Gasteiger partial charge in [0.05, 0.1) is 19.8 Å². The van der Waals surface area contributed by atoms with Crippen LogP contribution < -0.4 is 36.1 Å². The fourth-order valence-electron chi connectivity index (χ4n) is 4.82. The molecule has 0 radical (unpaired) electrons. The van der Waals surface area contributed by atoms with Gasteiger partial charge in [-0.1, -0.05) is 23.7 Å². The molecule has 0 bridgehead atoms. The van der Waals surface area contributed by atoms with E-state index in [1.54, 1.807) is 24.3 Å². The van der Waals surface area contributed by atoms with E-state index in [0.717, 1.165) is 12.7 Å². The molecule has 0 unspecified atom stereocenters. The number of nitrogens with zero attached hydrogens (tertiary/aromatic N) is 3. The second kappa shape index (κ2) is 16.4. The highest BCUT2D eigenvalue weighted by Crippen LogP contribution is 2.48. The van der Waals surface area contributed by atoms with Crippen LogP contribution in [-0.2, 0) is 24.7 Å². The molecule has 3 amide bonds. The zero-order chi connectivity index (χ0) is 38.2. The monoisotopic (exact) mass is 756 g/mol. The van der Waals surface area contributed by atoms with Crippen LogP contribution in [0.2, 0.25) is 5.02 Å². The topological polar surface area (TPSA) is 195 Å². The molecule has 3 aromatic carbocycles. The van der Waals surface area contributed by atoms with Crippen molar-refractivity contribution in [2.75, 3.05) is 43.3 Å². The van der Waals surface area contributed by atoms with Crippen LogP contribution in [0.15, 0.2) is 72.8 Å². The van der Waals surface area contributed by atoms with Crippen molar-refractivity contribution in [2.45, 2.75) is 30.6 Å². The van der Waals surface area contributed by atoms with Crippen molar-refractivity contribution in [3.63, 3.8) is 0 Å². The predicted molar refractivity (Wildman–Crippen MR) is 185 cm³/mol. The lowest BCUT2D eigenvalue weighted by Crippen LogP contribution is -2.50. The first-order valence-corrected chi connectivity index (χ1v) is 16.1. The number of nitrogens with one attached hydrogen (secondary N) is 5. The van der Waals surface area contributed by atoms with Crippen LogP contribution in [0.25, 0.3) is 0 Å². The summed E-state index contributed by atoms with van der Waals surface area (Å²) < 4.78 is 53.4. The Morgan fingerprint density at radius 2 is 1.49 bits per heavy atom. The minimum absolute atomic E-state index is 0.0396. The zero-order valence-electron chi connectivity index (χ0n) is 28.0. The van der Waals surface area contributed by atoms with Crippen LogP contribution in [-0.4, -0.2) is 78.2 Å². The van der Waals surface area contributed by atoms with Gasteiger partial charge < -0.3 is 40.8 Å². The first-order valence-electron chi connectivity index (χ1n) is 15.7. The van der Waals surface area contributed by atoms with Crippen LogP contribution in [0.5, 0.6) is 11.8 Å². The van der Waals surface area contributed by atoms with E-state index < -0.39 is 60.6 Å². The second-order valence-electron chi connectivity index (χ2n) is 11.5. The lowest BCUT2D eigenvalue weighted by molar-refractivity contribution is -0.154. The summed E-state index contributed by atoms with van der Waals surface area (Å²) in [5.74, 6) is -3.34. The highest BCUT2D eigenvalue weighted by Gasteiger charge is 2.45. The summed E-state index contributed by atoms with van der Waals surface area (Å²) in [6, 6.07) is 17.1. The van der Waals surface area contributed by atoms with E-state index >= 15 is 0 Å². The van der Waals surface area contributed by atoms with Crippen LogP contribution >= 0.6 is 11.6 Å². The summed E-state index contributed by atoms with van der Waals surface area (Å²) in [5, 5.41) is 13.7. The van der Waals surface area contributed by atoms with Gasteiger partial charge in [-0.3, -0.25) is 14.4 Å². The number of alkyl halides is 3. The molecular weight excluding hydrogens is 725 g/mol. The van der Waals surface area contributed by atoms with E-state index in [1.165, 1.54) is 43.5 Å². The molecule has 19 heteroatoms. The van der Waals surface area contributed by atoms with E-state index in [0.29, 0.717) is 35.0 Å². The number of ether oxygens (including phenoxy) is 3. The molecule has 1 aliphatic carbocycles. The molecule has 1 saturated carbocycles. The number of rotatable bonds is 14. The number of hydrogen-bond acceptors (Lipinski definition) is 12. The van der Waals surface area contributed by atoms with Crippen molar-refractivity contribution in [1.82, 2.24) is 25.6 Å². The highest BCUT2D eigenvalue weighted by atomic mass is 35.5. The molecule has 1 aliphatic rings. The molecule has 53 heavy (non-hydrogen) atoms. The van der Waals surface area contributed by atoms with E-state index in [2.05, 4.69) is 41.5 Å². The number of hydrogen-bond donors (Lipinski definition) is 5. The molecule has 0 spiro atoms. The van der Waals surface area contributed by atoms with Crippen molar-refractivity contribution in [2.24, 2.45) is 0 Å². The lowest BCUT2D eigenvalue weighted by Gasteiger charge is -2.19. The van der Waals surface area contributed by atoms with Gasteiger partial charge in [0.25, 0.3) is 5.91 Å². The van der Waals surface area contributed by atoms with Crippen molar-refractivity contribution in [1.29, 1.82) is 0 Å². The molecule has 0 aliphatic heterocycles. The van der Waals surface area contributed by atoms with Crippen LogP contribution in [0, 0.1) is 0 Å². The van der Waals surface area contributed by atoms with Gasteiger partial charge in [0.1, 0.15) is 11.8 Å². The van der Waals surface area contributed by atoms with Crippen LogP contribution in [0.4, 0.5) is 36.4 Å². The Morgan fingerprint density at radius 3 is 2.09 bits per heavy atom. The molecule has 0 saturated heterocycles. The fraction of sp³-hybridized carbons (Fsp3) is 0.265. The zero-order valence-corrected chi connectivity index (χ0v) is 28.8. The number of benzene rings is 3. The van der Waals surface area contributed by atoms with Gasteiger partial charge in [-0.25, -0.2) is 4.79 Å². The molecular formula is C34H32ClF3N8O7. The third-order valence-corrected chi connectivity index (χ3v) is 7.94. The minimum atomic E-state index is -4.64. The number of carbonyl (C=O) groups excluding carboxylic acids is 4. The summed E-state index contributed by atoms with van der Waals surface area (Å²) >= 11 is 6.02. The number of amides is 3. The average molecular weight is 757 g/mol. The Kier molecular flexibility index (Phi) is 11.8. The highest BCUT2D eigenvalue weighted by molar-refractivity contribution is 6.39. The smallest absolute Gasteiger partial charge is 0.422 e. The van der Waals surface area contributed by atoms with Crippen molar-refractivity contribution in [3.8, 4) is 11.8 Å². The summed E-state index contributed by atoms with van der Waals surface area (Å²) in [7, 11) is 2.57. The van der Waals surface area contributed by atoms with Gasteiger partial charge in [-0.15, -0.1) is 0 Å². The standard InChI is InChI=1S/C34H32ClF3N8O7/c1-51-24-13-11-22(12-14-24)40-28(49)27(48)39-17-25(29(50)52-2)42-26(47)19-3-9-23(10-4-19)41-30-43-31(45-32(44-30)53-18-34(36,37)38)46-33(15-16-33)20-5-7-21(35)8-6-20/h3-14,25H,15-18H2,1-2H3,(H,39,48)(H,40,49)(H,42,47)(H2,41,43,44,45,46)/t25-/m0/s1. The Hall–Kier alpha value is -6.17. The van der Waals surface area contributed by atoms with Gasteiger partial charge in [0.2, 0.25) is 11.9 Å². The lowest BCUT2D eigenvalue weighted by atomic mass is 10.1. The summed E-state index contributed by atoms with van der Waals surface area (Å²) in [6.45, 7) is -2.10. The van der Waals surface area contributed by atoms with Crippen molar-refractivity contribution < 1.29 is 46.6 Å². The fourth-order valence-corrected chi connectivity index (χ4v) is 4.95. The predicted octanol–water partition coefficient (Wildman–Crippen LogP) is 4.35. The van der Waals surface area contributed by atoms with E-state index in [9.17, 15) is 32.3 Å². The van der Waals surface area contributed by atoms with Crippen molar-refractivity contribution in [3.05, 3.63) is 88.9 Å². The summed E-state index contributed by atoms with van der Waals surface area (Å²) in [6.07, 6.45) is -3.24. The maximum Gasteiger partial charge on any atom is 0.422 e. The molecule has 278 valence electrons. The quantitative estimate of drug-likeness (QED) is 0.0904. The van der Waals surface area contributed by atoms with E-state index in [1.807, 2.05) is 12.1 Å². The average Bonchev–Trinajstić information content (AvgIpc) is 3.92. The maximum atomic E-state index is 13.0. The number of esters is 1. The van der Waals surface area contributed by atoms with Crippen LogP contribution in [0.3, 0.4) is 0 Å². The van der Waals surface area contributed by atoms with Gasteiger partial charge in [-0.2, -0.15) is 28.1 Å². The third kappa shape index (κ3) is 10.7. The SMILES string of the molecule is COC(=O)[C@H](CNC(=O)C(=O)Nc1ccc(OC)cc1)NC(=O)c1ccc(Nc2nc(NC3(c4ccc(Cl)cc4)CC3)nc(OCC(F)(F)F)n2)cc1. The number of carbonyl (C=O) groups is 4. The van der Waals surface area contributed by atoms with E-state index in [4.69, 9.17) is 25.8 Å². The Balaban J connectivity index is 1.23. The second-order valence-corrected chi connectivity index (χ2v) is 12.0. The number of aromatic nitrogens is 3. The van der Waals surface area contributed by atoms with Crippen molar-refractivity contribution >= 4 is 58.6 Å². The van der Waals surface area contributed by atoms with Gasteiger partial charge in [0, 0.05) is 28.5 Å². The molecule has 1 fully saturated rings. The first kappa shape index (κ1) is 38.1. The Bertz CT molecular complexity index is 1950. The number of halogens is 4. The number of methoxy groups -OCH3 is 2. The molecule has 1 heterocycles. The molecule has 1 aromatic heterocycles. The molecule has 5 N–H and O–H groups in total. The first-order chi connectivity index (χ1) is 25.3. The Labute approximate surface area is 305 Å². The minimum Gasteiger partial charge on any atom is -0.497 e. The summed E-state index contributed by atoms with van der Waals surface area (Å²) in [5.41, 5.74) is 1.06. The Morgan fingerprint density at radius 1 is 0.849 bits per heavy atom. The van der Waals surface area contributed by atoms with E-state index in [-0.39, 0.29) is 17.5 Å². The largest absolute Gasteiger partial charge is 0.497 e. The van der Waals surface area contributed by atoms with Crippen LogP contribution in [0.1, 0.15) is 28.8 Å². The van der Waals surface area contributed by atoms with Gasteiger partial charge >= 0.3 is 30.0 Å². The molecule has 5 rings (SSSR count). The molecule has 1 atom stereocenters. The molecule has 15 nitrogen and oxygen atoms in total. The maximum absolute atomic E-state index is 13.0. The van der Waals surface area contributed by atoms with Gasteiger partial charge in [-0.05, 0) is 79.1 Å². The van der Waals surface area contributed by atoms with Gasteiger partial charge in [0.15, 0.2) is 6.61 Å². The normalized spacial score (nSPS) is 13.5. The molecule has 4 aromatic rings. The number of anilines is 4.